The van der Waals surface area contributed by atoms with Gasteiger partial charge in [0.15, 0.2) is 0 Å². The first-order chi connectivity index (χ1) is 5.13. The summed E-state index contributed by atoms with van der Waals surface area (Å²) in [5.41, 5.74) is 3.62. The van der Waals surface area contributed by atoms with Gasteiger partial charge in [0.2, 0.25) is 0 Å². The molecule has 0 aliphatic rings. The van der Waals surface area contributed by atoms with E-state index in [-0.39, 0.29) is 0 Å². The molecule has 0 saturated carbocycles. The van der Waals surface area contributed by atoms with Crippen molar-refractivity contribution in [3.8, 4) is 0 Å². The smallest absolute Gasteiger partial charge is 0.0393 e. The molecule has 0 atom stereocenters. The standard InChI is InChI=1S/C10H14N/c1-8-6-5-7-10(9(8)2)11(3)4/h5-7H,1H2,2-4H3. The SMILES string of the molecule is [CH2]c1cccc(N(C)C)c1C. The van der Waals surface area contributed by atoms with Gasteiger partial charge in [-0.1, -0.05) is 12.1 Å². The molecule has 1 rings (SSSR count). The monoisotopic (exact) mass is 148 g/mol. The van der Waals surface area contributed by atoms with Gasteiger partial charge in [-0.3, -0.25) is 0 Å². The first-order valence-electron chi connectivity index (χ1n) is 3.72. The fourth-order valence-corrected chi connectivity index (χ4v) is 1.15. The van der Waals surface area contributed by atoms with Gasteiger partial charge in [0.05, 0.1) is 0 Å². The molecule has 0 spiro atoms. The number of benzene rings is 1. The maximum absolute atomic E-state index is 3.94. The highest BCUT2D eigenvalue weighted by Gasteiger charge is 2.00. The number of hydrogen-bond donors (Lipinski definition) is 0. The number of anilines is 1. The fourth-order valence-electron chi connectivity index (χ4n) is 1.15. The van der Waals surface area contributed by atoms with E-state index in [1.807, 2.05) is 26.2 Å². The first kappa shape index (κ1) is 8.12. The zero-order chi connectivity index (χ0) is 8.43. The van der Waals surface area contributed by atoms with Crippen molar-refractivity contribution in [3.05, 3.63) is 36.2 Å². The lowest BCUT2D eigenvalue weighted by atomic mass is 10.1. The van der Waals surface area contributed by atoms with E-state index < -0.39 is 0 Å². The predicted octanol–water partition coefficient (Wildman–Crippen LogP) is 2.24. The largest absolute Gasteiger partial charge is 0.377 e. The summed E-state index contributed by atoms with van der Waals surface area (Å²) in [6.07, 6.45) is 0. The number of nitrogens with zero attached hydrogens (tertiary/aromatic N) is 1. The Bertz CT molecular complexity index is 251. The van der Waals surface area contributed by atoms with Crippen LogP contribution < -0.4 is 4.90 Å². The van der Waals surface area contributed by atoms with Gasteiger partial charge in [-0.2, -0.15) is 0 Å². The summed E-state index contributed by atoms with van der Waals surface area (Å²) < 4.78 is 0. The molecule has 1 heteroatoms. The van der Waals surface area contributed by atoms with Crippen molar-refractivity contribution in [1.29, 1.82) is 0 Å². The fraction of sp³-hybridized carbons (Fsp3) is 0.300. The first-order valence-corrected chi connectivity index (χ1v) is 3.72. The molecule has 1 radical (unpaired) electrons. The summed E-state index contributed by atoms with van der Waals surface area (Å²) in [4.78, 5) is 2.10. The number of rotatable bonds is 1. The van der Waals surface area contributed by atoms with Crippen LogP contribution in [0.5, 0.6) is 0 Å². The quantitative estimate of drug-likeness (QED) is 0.590. The Morgan fingerprint density at radius 2 is 1.91 bits per heavy atom. The van der Waals surface area contributed by atoms with Crippen LogP contribution in [0.2, 0.25) is 0 Å². The van der Waals surface area contributed by atoms with Crippen LogP contribution in [0.25, 0.3) is 0 Å². The Hall–Kier alpha value is -0.980. The molecule has 0 bridgehead atoms. The molecule has 0 aliphatic carbocycles. The van der Waals surface area contributed by atoms with Crippen molar-refractivity contribution >= 4 is 5.69 Å². The van der Waals surface area contributed by atoms with Crippen molar-refractivity contribution in [2.24, 2.45) is 0 Å². The molecule has 0 heterocycles. The summed E-state index contributed by atoms with van der Waals surface area (Å²) >= 11 is 0. The molecule has 1 aromatic rings. The van der Waals surface area contributed by atoms with Gasteiger partial charge in [0.1, 0.15) is 0 Å². The van der Waals surface area contributed by atoms with Crippen LogP contribution >= 0.6 is 0 Å². The zero-order valence-electron chi connectivity index (χ0n) is 7.39. The summed E-state index contributed by atoms with van der Waals surface area (Å²) in [7, 11) is 4.09. The Morgan fingerprint density at radius 3 is 2.36 bits per heavy atom. The van der Waals surface area contributed by atoms with Crippen molar-refractivity contribution in [2.75, 3.05) is 19.0 Å². The van der Waals surface area contributed by atoms with Gasteiger partial charge in [0, 0.05) is 19.8 Å². The number of hydrogen-bond acceptors (Lipinski definition) is 1. The van der Waals surface area contributed by atoms with E-state index in [0.29, 0.717) is 0 Å². The van der Waals surface area contributed by atoms with Crippen molar-refractivity contribution in [1.82, 2.24) is 0 Å². The molecule has 0 fully saturated rings. The van der Waals surface area contributed by atoms with E-state index in [9.17, 15) is 0 Å². The Labute approximate surface area is 68.7 Å². The minimum atomic E-state index is 1.11. The van der Waals surface area contributed by atoms with Crippen LogP contribution in [-0.2, 0) is 0 Å². The summed E-state index contributed by atoms with van der Waals surface area (Å²) in [5.74, 6) is 0. The van der Waals surface area contributed by atoms with Crippen molar-refractivity contribution < 1.29 is 0 Å². The van der Waals surface area contributed by atoms with Crippen molar-refractivity contribution in [3.63, 3.8) is 0 Å². The second-order valence-electron chi connectivity index (χ2n) is 2.96. The zero-order valence-corrected chi connectivity index (χ0v) is 7.39. The van der Waals surface area contributed by atoms with Crippen LogP contribution in [0.3, 0.4) is 0 Å². The van der Waals surface area contributed by atoms with Gasteiger partial charge >= 0.3 is 0 Å². The van der Waals surface area contributed by atoms with Gasteiger partial charge in [-0.05, 0) is 31.0 Å². The average molecular weight is 148 g/mol. The lowest BCUT2D eigenvalue weighted by Crippen LogP contribution is -2.10. The third kappa shape index (κ3) is 1.53. The molecular weight excluding hydrogens is 134 g/mol. The van der Waals surface area contributed by atoms with Gasteiger partial charge in [-0.25, -0.2) is 0 Å². The van der Waals surface area contributed by atoms with Gasteiger partial charge in [-0.15, -0.1) is 0 Å². The molecule has 0 amide bonds. The molecule has 0 aromatic heterocycles. The molecule has 0 aliphatic heterocycles. The van der Waals surface area contributed by atoms with E-state index in [1.165, 1.54) is 11.3 Å². The maximum atomic E-state index is 3.94. The van der Waals surface area contributed by atoms with E-state index in [1.54, 1.807) is 0 Å². The second kappa shape index (κ2) is 2.95. The topological polar surface area (TPSA) is 3.24 Å². The molecule has 1 nitrogen and oxygen atoms in total. The lowest BCUT2D eigenvalue weighted by molar-refractivity contribution is 1.11. The Morgan fingerprint density at radius 1 is 1.27 bits per heavy atom. The Balaban J connectivity index is 3.17. The van der Waals surface area contributed by atoms with Crippen LogP contribution in [0, 0.1) is 13.8 Å². The maximum Gasteiger partial charge on any atom is 0.0393 e. The van der Waals surface area contributed by atoms with Crippen LogP contribution in [0.15, 0.2) is 18.2 Å². The molecule has 0 saturated heterocycles. The highest BCUT2D eigenvalue weighted by molar-refractivity contribution is 5.55. The molecule has 1 aromatic carbocycles. The van der Waals surface area contributed by atoms with E-state index in [4.69, 9.17) is 0 Å². The minimum Gasteiger partial charge on any atom is -0.377 e. The molecule has 59 valence electrons. The highest BCUT2D eigenvalue weighted by Crippen LogP contribution is 2.19. The van der Waals surface area contributed by atoms with Gasteiger partial charge in [0.25, 0.3) is 0 Å². The third-order valence-electron chi connectivity index (χ3n) is 1.90. The Kier molecular flexibility index (Phi) is 2.18. The highest BCUT2D eigenvalue weighted by atomic mass is 15.1. The lowest BCUT2D eigenvalue weighted by Gasteiger charge is -2.16. The molecule has 0 N–H and O–H groups in total. The second-order valence-corrected chi connectivity index (χ2v) is 2.96. The van der Waals surface area contributed by atoms with E-state index in [0.717, 1.165) is 5.56 Å². The van der Waals surface area contributed by atoms with Crippen LogP contribution in [-0.4, -0.2) is 14.1 Å². The normalized spacial score (nSPS) is 9.82. The van der Waals surface area contributed by atoms with Gasteiger partial charge < -0.3 is 4.90 Å². The van der Waals surface area contributed by atoms with Crippen molar-refractivity contribution in [2.45, 2.75) is 6.92 Å². The third-order valence-corrected chi connectivity index (χ3v) is 1.90. The van der Waals surface area contributed by atoms with E-state index in [2.05, 4.69) is 24.8 Å². The predicted molar refractivity (Wildman–Crippen MR) is 50.0 cm³/mol. The van der Waals surface area contributed by atoms with Crippen LogP contribution in [0.1, 0.15) is 11.1 Å². The average Bonchev–Trinajstić information content (AvgIpc) is 1.94. The minimum absolute atomic E-state index is 1.11. The molecule has 11 heavy (non-hydrogen) atoms. The van der Waals surface area contributed by atoms with E-state index >= 15 is 0 Å². The summed E-state index contributed by atoms with van der Waals surface area (Å²) in [6.45, 7) is 6.03. The molecular formula is C10H14N. The summed E-state index contributed by atoms with van der Waals surface area (Å²) in [6, 6.07) is 6.16. The molecule has 0 unspecified atom stereocenters. The summed E-state index contributed by atoms with van der Waals surface area (Å²) in [5, 5.41) is 0. The van der Waals surface area contributed by atoms with Crippen LogP contribution in [0.4, 0.5) is 5.69 Å².